The minimum absolute atomic E-state index is 0.152. The molecule has 0 saturated carbocycles. The van der Waals surface area contributed by atoms with Crippen molar-refractivity contribution in [3.05, 3.63) is 28.2 Å². The highest BCUT2D eigenvalue weighted by molar-refractivity contribution is 9.10. The van der Waals surface area contributed by atoms with Crippen LogP contribution in [0.4, 0.5) is 0 Å². The van der Waals surface area contributed by atoms with Gasteiger partial charge in [-0.25, -0.2) is 0 Å². The van der Waals surface area contributed by atoms with Crippen molar-refractivity contribution in [3.63, 3.8) is 0 Å². The Morgan fingerprint density at radius 3 is 2.83 bits per heavy atom. The molecule has 0 fully saturated rings. The van der Waals surface area contributed by atoms with Gasteiger partial charge in [0, 0.05) is 33.2 Å². The van der Waals surface area contributed by atoms with Gasteiger partial charge in [-0.3, -0.25) is 0 Å². The summed E-state index contributed by atoms with van der Waals surface area (Å²) in [5.41, 5.74) is 1.19. The summed E-state index contributed by atoms with van der Waals surface area (Å²) in [5.74, 6) is 0.809. The number of aliphatic hydroxyl groups is 1. The Kier molecular flexibility index (Phi) is 8.00. The van der Waals surface area contributed by atoms with E-state index in [1.807, 2.05) is 18.2 Å². The summed E-state index contributed by atoms with van der Waals surface area (Å²) in [6.45, 7) is 3.03. The van der Waals surface area contributed by atoms with Crippen LogP contribution >= 0.6 is 15.9 Å². The van der Waals surface area contributed by atoms with Gasteiger partial charge in [0.05, 0.1) is 17.7 Å². The lowest BCUT2D eigenvalue weighted by Crippen LogP contribution is -2.18. The van der Waals surface area contributed by atoms with E-state index in [0.717, 1.165) is 23.3 Å². The highest BCUT2D eigenvalue weighted by atomic mass is 79.9. The number of benzene rings is 1. The fourth-order valence-corrected chi connectivity index (χ4v) is 1.97. The minimum atomic E-state index is 0.152. The van der Waals surface area contributed by atoms with Gasteiger partial charge in [0.15, 0.2) is 0 Å². The van der Waals surface area contributed by atoms with Crippen LogP contribution < -0.4 is 10.1 Å². The van der Waals surface area contributed by atoms with Crippen molar-refractivity contribution in [2.24, 2.45) is 0 Å². The predicted octanol–water partition coefficient (Wildman–Crippen LogP) is 1.95. The lowest BCUT2D eigenvalue weighted by atomic mass is 10.2. The molecule has 0 aliphatic heterocycles. The largest absolute Gasteiger partial charge is 0.492 e. The van der Waals surface area contributed by atoms with Crippen molar-refractivity contribution in [1.29, 1.82) is 0 Å². The Hall–Kier alpha value is -0.620. The molecule has 1 aromatic carbocycles. The Morgan fingerprint density at radius 2 is 2.17 bits per heavy atom. The summed E-state index contributed by atoms with van der Waals surface area (Å²) < 4.78 is 11.4. The predicted molar refractivity (Wildman–Crippen MR) is 74.9 cm³/mol. The molecule has 0 atom stereocenters. The summed E-state index contributed by atoms with van der Waals surface area (Å²) in [7, 11) is 1.69. The lowest BCUT2D eigenvalue weighted by Gasteiger charge is -2.10. The molecule has 102 valence electrons. The summed E-state index contributed by atoms with van der Waals surface area (Å²) >= 11 is 3.48. The normalized spacial score (nSPS) is 10.6. The van der Waals surface area contributed by atoms with E-state index in [-0.39, 0.29) is 6.61 Å². The topological polar surface area (TPSA) is 50.7 Å². The Labute approximate surface area is 116 Å². The number of hydrogen-bond donors (Lipinski definition) is 2. The van der Waals surface area contributed by atoms with Crippen LogP contribution in [-0.2, 0) is 11.3 Å². The van der Waals surface area contributed by atoms with Gasteiger partial charge in [-0.2, -0.15) is 0 Å². The van der Waals surface area contributed by atoms with E-state index in [1.165, 1.54) is 5.56 Å². The zero-order valence-corrected chi connectivity index (χ0v) is 12.2. The van der Waals surface area contributed by atoms with E-state index in [1.54, 1.807) is 7.11 Å². The second kappa shape index (κ2) is 9.33. The highest BCUT2D eigenvalue weighted by Crippen LogP contribution is 2.26. The average molecular weight is 318 g/mol. The van der Waals surface area contributed by atoms with Gasteiger partial charge in [-0.05, 0) is 33.6 Å². The smallest absolute Gasteiger partial charge is 0.133 e. The third-order valence-electron chi connectivity index (χ3n) is 2.37. The lowest BCUT2D eigenvalue weighted by molar-refractivity contribution is 0.199. The van der Waals surface area contributed by atoms with Crippen LogP contribution in [0.2, 0.25) is 0 Å². The minimum Gasteiger partial charge on any atom is -0.492 e. The first-order valence-corrected chi connectivity index (χ1v) is 6.79. The fourth-order valence-electron chi connectivity index (χ4n) is 1.42. The second-order valence-corrected chi connectivity index (χ2v) is 4.71. The monoisotopic (exact) mass is 317 g/mol. The molecule has 1 rings (SSSR count). The van der Waals surface area contributed by atoms with Crippen LogP contribution in [0, 0.1) is 0 Å². The number of methoxy groups -OCH3 is 1. The number of hydrogen-bond acceptors (Lipinski definition) is 4. The Balaban J connectivity index is 2.41. The van der Waals surface area contributed by atoms with Crippen LogP contribution in [-0.4, -0.2) is 38.6 Å². The molecule has 0 bridgehead atoms. The molecule has 5 heteroatoms. The van der Waals surface area contributed by atoms with E-state index in [9.17, 15) is 0 Å². The van der Waals surface area contributed by atoms with Gasteiger partial charge in [0.2, 0.25) is 0 Å². The summed E-state index contributed by atoms with van der Waals surface area (Å²) in [6, 6.07) is 6.00. The van der Waals surface area contributed by atoms with E-state index in [0.29, 0.717) is 19.6 Å². The van der Waals surface area contributed by atoms with Crippen LogP contribution in [0.25, 0.3) is 0 Å². The van der Waals surface area contributed by atoms with Crippen molar-refractivity contribution in [2.75, 3.05) is 33.5 Å². The fraction of sp³-hybridized carbons (Fsp3) is 0.538. The van der Waals surface area contributed by atoms with Crippen LogP contribution in [0.3, 0.4) is 0 Å². The van der Waals surface area contributed by atoms with Gasteiger partial charge in [0.1, 0.15) is 5.75 Å². The summed E-state index contributed by atoms with van der Waals surface area (Å²) in [4.78, 5) is 0. The number of halogens is 1. The molecule has 0 aliphatic carbocycles. The molecule has 0 unspecified atom stereocenters. The van der Waals surface area contributed by atoms with Crippen LogP contribution in [0.15, 0.2) is 22.7 Å². The second-order valence-electron chi connectivity index (χ2n) is 3.86. The third kappa shape index (κ3) is 5.82. The molecular weight excluding hydrogens is 298 g/mol. The van der Waals surface area contributed by atoms with Crippen molar-refractivity contribution < 1.29 is 14.6 Å². The van der Waals surface area contributed by atoms with Crippen LogP contribution in [0.5, 0.6) is 5.75 Å². The molecule has 0 aliphatic rings. The molecule has 18 heavy (non-hydrogen) atoms. The van der Waals surface area contributed by atoms with Gasteiger partial charge in [-0.15, -0.1) is 0 Å². The zero-order chi connectivity index (χ0) is 13.2. The molecule has 0 aromatic heterocycles. The molecule has 2 N–H and O–H groups in total. The Bertz CT molecular complexity index is 347. The maximum absolute atomic E-state index is 8.69. The van der Waals surface area contributed by atoms with Crippen molar-refractivity contribution in [3.8, 4) is 5.75 Å². The molecule has 0 heterocycles. The van der Waals surface area contributed by atoms with Crippen molar-refractivity contribution >= 4 is 15.9 Å². The summed E-state index contributed by atoms with van der Waals surface area (Å²) in [5, 5.41) is 12.0. The van der Waals surface area contributed by atoms with Crippen molar-refractivity contribution in [1.82, 2.24) is 5.32 Å². The third-order valence-corrected chi connectivity index (χ3v) is 2.99. The first-order chi connectivity index (χ1) is 8.77. The maximum atomic E-state index is 8.69. The molecule has 4 nitrogen and oxygen atoms in total. The molecule has 0 spiro atoms. The van der Waals surface area contributed by atoms with Crippen molar-refractivity contribution in [2.45, 2.75) is 13.0 Å². The number of ether oxygens (including phenoxy) is 2. The SMILES string of the molecule is COCCNCc1ccc(OCCCO)c(Br)c1. The van der Waals surface area contributed by atoms with Gasteiger partial charge in [-0.1, -0.05) is 6.07 Å². The Morgan fingerprint density at radius 1 is 1.33 bits per heavy atom. The van der Waals surface area contributed by atoms with E-state index < -0.39 is 0 Å². The standard InChI is InChI=1S/C13H20BrNO3/c1-17-8-5-15-10-11-3-4-13(12(14)9-11)18-7-2-6-16/h3-4,9,15-16H,2,5-8,10H2,1H3. The van der Waals surface area contributed by atoms with Gasteiger partial charge < -0.3 is 19.9 Å². The number of aliphatic hydroxyl groups excluding tert-OH is 1. The molecule has 0 saturated heterocycles. The summed E-state index contributed by atoms with van der Waals surface area (Å²) in [6.07, 6.45) is 0.646. The first-order valence-electron chi connectivity index (χ1n) is 5.99. The average Bonchev–Trinajstić information content (AvgIpc) is 2.37. The first kappa shape index (κ1) is 15.4. The molecule has 0 amide bonds. The molecular formula is C13H20BrNO3. The number of rotatable bonds is 9. The van der Waals surface area contributed by atoms with Gasteiger partial charge >= 0.3 is 0 Å². The highest BCUT2D eigenvalue weighted by Gasteiger charge is 2.02. The van der Waals surface area contributed by atoms with Gasteiger partial charge in [0.25, 0.3) is 0 Å². The maximum Gasteiger partial charge on any atom is 0.133 e. The zero-order valence-electron chi connectivity index (χ0n) is 10.6. The van der Waals surface area contributed by atoms with Crippen LogP contribution in [0.1, 0.15) is 12.0 Å². The number of nitrogens with one attached hydrogen (secondary N) is 1. The quantitative estimate of drug-likeness (QED) is 0.683. The molecule has 1 aromatic rings. The van der Waals surface area contributed by atoms with E-state index in [4.69, 9.17) is 14.6 Å². The van der Waals surface area contributed by atoms with E-state index in [2.05, 4.69) is 21.2 Å². The molecule has 0 radical (unpaired) electrons. The van der Waals surface area contributed by atoms with E-state index >= 15 is 0 Å².